The fourth-order valence-corrected chi connectivity index (χ4v) is 4.97. The van der Waals surface area contributed by atoms with Crippen LogP contribution in [0, 0.1) is 16.7 Å². The summed E-state index contributed by atoms with van der Waals surface area (Å²) in [6.45, 7) is 3.26. The second kappa shape index (κ2) is 10.2. The minimum absolute atomic E-state index is 0.132. The number of fused-ring (bicyclic) bond motifs is 1. The Bertz CT molecular complexity index is 1360. The van der Waals surface area contributed by atoms with Gasteiger partial charge in [-0.2, -0.15) is 0 Å². The molecule has 3 aliphatic rings. The fraction of sp³-hybridized carbons (Fsp3) is 0.370. The number of nitrogens with zero attached hydrogens (tertiary/aromatic N) is 4. The van der Waals surface area contributed by atoms with Gasteiger partial charge >= 0.3 is 6.03 Å². The van der Waals surface area contributed by atoms with Crippen molar-refractivity contribution in [3.05, 3.63) is 69.6 Å². The van der Waals surface area contributed by atoms with Crippen LogP contribution in [0.15, 0.2) is 47.6 Å². The highest BCUT2D eigenvalue weighted by atomic mass is 16.5. The van der Waals surface area contributed by atoms with Crippen LogP contribution in [-0.4, -0.2) is 85.0 Å². The second-order valence-corrected chi connectivity index (χ2v) is 9.69. The molecule has 0 bridgehead atoms. The molecule has 2 fully saturated rings. The largest absolute Gasteiger partial charge is 0.497 e. The zero-order chi connectivity index (χ0) is 26.9. The second-order valence-electron chi connectivity index (χ2n) is 9.69. The van der Waals surface area contributed by atoms with Crippen LogP contribution in [0.2, 0.25) is 0 Å². The normalized spacial score (nSPS) is 22.3. The number of piperazine rings is 1. The molecule has 11 heteroatoms. The number of nitroso groups, excluding NO2 is 1. The maximum Gasteiger partial charge on any atom is 0.323 e. The molecular weight excluding hydrogens is 488 g/mol. The molecule has 2 atom stereocenters. The fourth-order valence-electron chi connectivity index (χ4n) is 4.97. The first-order chi connectivity index (χ1) is 18.3. The van der Waals surface area contributed by atoms with Crippen LogP contribution in [0.5, 0.6) is 5.75 Å². The van der Waals surface area contributed by atoms with E-state index in [0.717, 1.165) is 31.7 Å². The van der Waals surface area contributed by atoms with Gasteiger partial charge in [-0.25, -0.2) is 4.79 Å². The lowest BCUT2D eigenvalue weighted by molar-refractivity contribution is -0.122. The molecule has 5 rings (SSSR count). The molecule has 1 unspecified atom stereocenters. The summed E-state index contributed by atoms with van der Waals surface area (Å²) in [5, 5.41) is 8.22. The summed E-state index contributed by atoms with van der Waals surface area (Å²) < 4.78 is 5.23. The Kier molecular flexibility index (Phi) is 6.84. The van der Waals surface area contributed by atoms with E-state index in [2.05, 4.69) is 32.6 Å². The van der Waals surface area contributed by atoms with E-state index in [4.69, 9.17) is 4.74 Å². The third kappa shape index (κ3) is 4.83. The van der Waals surface area contributed by atoms with Crippen LogP contribution < -0.4 is 15.4 Å². The van der Waals surface area contributed by atoms with E-state index in [1.165, 1.54) is 12.0 Å². The third-order valence-corrected chi connectivity index (χ3v) is 7.15. The summed E-state index contributed by atoms with van der Waals surface area (Å²) in [5.41, 5.74) is 0.909. The first kappa shape index (κ1) is 25.4. The zero-order valence-corrected chi connectivity index (χ0v) is 21.2. The van der Waals surface area contributed by atoms with E-state index in [1.54, 1.807) is 36.4 Å². The minimum atomic E-state index is -1.63. The standard InChI is InChI=1S/C27H28N6O5/c1-31-10-12-32(13-11-31)23(30-37)19-5-3-4-18(14-19)8-9-27(25(35)28-26(36)29-27)17-33-16-20-6-7-21(38-2)15-22(20)24(33)34/h3-7,14-15,23H,10-13,16-17H2,1-2H3,(H2,28,29,35,36)/t23?,27-/m1/s1. The van der Waals surface area contributed by atoms with Crippen LogP contribution in [-0.2, 0) is 11.3 Å². The number of ether oxygens (including phenoxy) is 1. The Morgan fingerprint density at radius 2 is 1.89 bits per heavy atom. The first-order valence-electron chi connectivity index (χ1n) is 12.3. The molecule has 3 aliphatic heterocycles. The number of benzene rings is 2. The molecule has 0 aromatic heterocycles. The topological polar surface area (TPSA) is 124 Å². The molecular formula is C27H28N6O5. The maximum atomic E-state index is 13.1. The Balaban J connectivity index is 1.40. The predicted molar refractivity (Wildman–Crippen MR) is 138 cm³/mol. The van der Waals surface area contributed by atoms with E-state index in [9.17, 15) is 19.3 Å². The van der Waals surface area contributed by atoms with Gasteiger partial charge in [0.2, 0.25) is 5.54 Å². The van der Waals surface area contributed by atoms with E-state index < -0.39 is 23.6 Å². The van der Waals surface area contributed by atoms with Gasteiger partial charge in [-0.3, -0.25) is 19.8 Å². The van der Waals surface area contributed by atoms with Crippen molar-refractivity contribution in [1.82, 2.24) is 25.3 Å². The quantitative estimate of drug-likeness (QED) is 0.337. The van der Waals surface area contributed by atoms with Crippen molar-refractivity contribution in [1.29, 1.82) is 0 Å². The number of likely N-dealkylation sites (N-methyl/N-ethyl adjacent to an activating group) is 1. The number of nitrogens with one attached hydrogen (secondary N) is 2. The monoisotopic (exact) mass is 516 g/mol. The number of carbonyl (C=O) groups is 3. The van der Waals surface area contributed by atoms with Crippen molar-refractivity contribution in [2.75, 3.05) is 46.9 Å². The molecule has 0 saturated carbocycles. The van der Waals surface area contributed by atoms with Crippen molar-refractivity contribution < 1.29 is 19.1 Å². The summed E-state index contributed by atoms with van der Waals surface area (Å²) >= 11 is 0. The van der Waals surface area contributed by atoms with Crippen molar-refractivity contribution in [2.24, 2.45) is 5.18 Å². The zero-order valence-electron chi connectivity index (χ0n) is 21.2. The highest BCUT2D eigenvalue weighted by Gasteiger charge is 2.48. The number of hydrogen-bond acceptors (Lipinski definition) is 8. The van der Waals surface area contributed by atoms with Gasteiger partial charge in [-0.1, -0.05) is 30.0 Å². The van der Waals surface area contributed by atoms with Gasteiger partial charge in [-0.05, 0) is 47.6 Å². The molecule has 0 spiro atoms. The number of rotatable bonds is 6. The van der Waals surface area contributed by atoms with Crippen LogP contribution in [0.25, 0.3) is 0 Å². The Morgan fingerprint density at radius 1 is 1.11 bits per heavy atom. The molecule has 2 aromatic carbocycles. The lowest BCUT2D eigenvalue weighted by Gasteiger charge is -2.34. The molecule has 11 nitrogen and oxygen atoms in total. The highest BCUT2D eigenvalue weighted by molar-refractivity contribution is 6.10. The van der Waals surface area contributed by atoms with Crippen LogP contribution in [0.4, 0.5) is 4.79 Å². The molecule has 2 saturated heterocycles. The number of urea groups is 1. The predicted octanol–water partition coefficient (Wildman–Crippen LogP) is 1.29. The molecule has 196 valence electrons. The maximum absolute atomic E-state index is 13.1. The highest BCUT2D eigenvalue weighted by Crippen LogP contribution is 2.29. The summed E-state index contributed by atoms with van der Waals surface area (Å²) in [6, 6.07) is 11.7. The molecule has 0 aliphatic carbocycles. The van der Waals surface area contributed by atoms with Gasteiger partial charge in [0.1, 0.15) is 5.75 Å². The van der Waals surface area contributed by atoms with E-state index in [0.29, 0.717) is 22.4 Å². The van der Waals surface area contributed by atoms with Crippen LogP contribution in [0.3, 0.4) is 0 Å². The lowest BCUT2D eigenvalue weighted by atomic mass is 9.98. The molecule has 2 aromatic rings. The van der Waals surface area contributed by atoms with E-state index in [1.807, 2.05) is 18.0 Å². The SMILES string of the molecule is COc1ccc2c(c1)C(=O)N(C[C@@]1(C#Cc3cccc(C(N=O)N4CCN(C)CC4)c3)NC(=O)NC1=O)C2. The number of carbonyl (C=O) groups excluding carboxylic acids is 3. The number of amides is 4. The van der Waals surface area contributed by atoms with Gasteiger partial charge in [0.05, 0.1) is 13.7 Å². The molecule has 0 radical (unpaired) electrons. The van der Waals surface area contributed by atoms with Gasteiger partial charge < -0.3 is 19.9 Å². The number of imide groups is 1. The Labute approximate surface area is 220 Å². The molecule has 4 amide bonds. The summed E-state index contributed by atoms with van der Waals surface area (Å²) in [7, 11) is 3.56. The van der Waals surface area contributed by atoms with Crippen molar-refractivity contribution >= 4 is 17.8 Å². The summed E-state index contributed by atoms with van der Waals surface area (Å²) in [4.78, 5) is 55.6. The molecule has 2 N–H and O–H groups in total. The van der Waals surface area contributed by atoms with Gasteiger partial charge in [0.25, 0.3) is 11.8 Å². The van der Waals surface area contributed by atoms with E-state index >= 15 is 0 Å². The minimum Gasteiger partial charge on any atom is -0.497 e. The van der Waals surface area contributed by atoms with Crippen LogP contribution >= 0.6 is 0 Å². The first-order valence-corrected chi connectivity index (χ1v) is 12.3. The summed E-state index contributed by atoms with van der Waals surface area (Å²) in [6.07, 6.45) is -0.647. The number of methoxy groups -OCH3 is 1. The average Bonchev–Trinajstić information content (AvgIpc) is 3.38. The molecule has 3 heterocycles. The third-order valence-electron chi connectivity index (χ3n) is 7.15. The van der Waals surface area contributed by atoms with Crippen LogP contribution in [0.1, 0.15) is 33.2 Å². The Hall–Kier alpha value is -4.27. The van der Waals surface area contributed by atoms with Gasteiger partial charge in [0, 0.05) is 43.9 Å². The van der Waals surface area contributed by atoms with Crippen molar-refractivity contribution in [2.45, 2.75) is 18.2 Å². The smallest absolute Gasteiger partial charge is 0.323 e. The van der Waals surface area contributed by atoms with E-state index in [-0.39, 0.29) is 19.0 Å². The molecule has 38 heavy (non-hydrogen) atoms. The Morgan fingerprint density at radius 3 is 2.58 bits per heavy atom. The lowest BCUT2D eigenvalue weighted by Crippen LogP contribution is -2.54. The average molecular weight is 517 g/mol. The number of hydrogen-bond donors (Lipinski definition) is 2. The summed E-state index contributed by atoms with van der Waals surface area (Å²) in [5.74, 6) is 5.55. The van der Waals surface area contributed by atoms with Gasteiger partial charge in [-0.15, -0.1) is 4.91 Å². The van der Waals surface area contributed by atoms with Crippen molar-refractivity contribution in [3.63, 3.8) is 0 Å². The van der Waals surface area contributed by atoms with Gasteiger partial charge in [0.15, 0.2) is 6.17 Å². The van der Waals surface area contributed by atoms with Crippen molar-refractivity contribution in [3.8, 4) is 17.6 Å².